The fourth-order valence-electron chi connectivity index (χ4n) is 2.99. The second-order valence-corrected chi connectivity index (χ2v) is 10.6. The van der Waals surface area contributed by atoms with Crippen LogP contribution in [0.5, 0.6) is 0 Å². The normalized spacial score (nSPS) is 16.1. The molecule has 1 aromatic carbocycles. The van der Waals surface area contributed by atoms with Crippen LogP contribution in [0.25, 0.3) is 10.9 Å². The molecule has 28 heavy (non-hydrogen) atoms. The third-order valence-corrected chi connectivity index (χ3v) is 7.54. The Labute approximate surface area is 163 Å². The van der Waals surface area contributed by atoms with Crippen LogP contribution in [0.2, 0.25) is 0 Å². The van der Waals surface area contributed by atoms with E-state index in [-0.39, 0.29) is 24.1 Å². The van der Waals surface area contributed by atoms with E-state index in [2.05, 4.69) is 9.71 Å². The SMILES string of the molecule is CCc1c[nH]c2c(NS(=O)(=O)C3(COS(C)(=O)=O)CC3)cc(C(=O)OC)cc12. The molecule has 0 atom stereocenters. The summed E-state index contributed by atoms with van der Waals surface area (Å²) in [6.45, 7) is 1.49. The number of hydrogen-bond acceptors (Lipinski definition) is 7. The number of hydrogen-bond donors (Lipinski definition) is 2. The molecule has 0 saturated heterocycles. The van der Waals surface area contributed by atoms with Crippen LogP contribution in [-0.2, 0) is 35.5 Å². The topological polar surface area (TPSA) is 132 Å². The highest BCUT2D eigenvalue weighted by molar-refractivity contribution is 7.94. The quantitative estimate of drug-likeness (QED) is 0.482. The number of nitrogens with one attached hydrogen (secondary N) is 2. The van der Waals surface area contributed by atoms with Crippen LogP contribution in [0.3, 0.4) is 0 Å². The molecule has 0 radical (unpaired) electrons. The van der Waals surface area contributed by atoms with Crippen molar-refractivity contribution in [2.45, 2.75) is 30.9 Å². The molecule has 9 nitrogen and oxygen atoms in total. The van der Waals surface area contributed by atoms with Gasteiger partial charge in [0.15, 0.2) is 0 Å². The van der Waals surface area contributed by atoms with Gasteiger partial charge in [-0.25, -0.2) is 13.2 Å². The van der Waals surface area contributed by atoms with Gasteiger partial charge < -0.3 is 9.72 Å². The standard InChI is InChI=1S/C17H22N2O7S2/c1-4-11-9-18-15-13(11)7-12(16(20)25-2)8-14(15)19-28(23,24)17(5-6-17)10-26-27(3,21)22/h7-9,18-19H,4-6,10H2,1-3H3. The third-order valence-electron chi connectivity index (χ3n) is 4.84. The number of carbonyl (C=O) groups is 1. The molecule has 1 aromatic heterocycles. The van der Waals surface area contributed by atoms with Gasteiger partial charge in [-0.1, -0.05) is 6.92 Å². The lowest BCUT2D eigenvalue weighted by Crippen LogP contribution is -2.35. The molecule has 3 rings (SSSR count). The van der Waals surface area contributed by atoms with Crippen LogP contribution in [0, 0.1) is 0 Å². The minimum atomic E-state index is -3.97. The van der Waals surface area contributed by atoms with Crippen LogP contribution in [0.15, 0.2) is 18.3 Å². The first-order chi connectivity index (χ1) is 13.0. The fourth-order valence-corrected chi connectivity index (χ4v) is 5.03. The Morgan fingerprint density at radius 3 is 2.46 bits per heavy atom. The number of benzene rings is 1. The number of carbonyl (C=O) groups excluding carboxylic acids is 1. The third kappa shape index (κ3) is 3.87. The van der Waals surface area contributed by atoms with Crippen LogP contribution in [0.1, 0.15) is 35.7 Å². The van der Waals surface area contributed by atoms with E-state index in [4.69, 9.17) is 8.92 Å². The minimum Gasteiger partial charge on any atom is -0.465 e. The zero-order valence-electron chi connectivity index (χ0n) is 15.7. The Hall–Kier alpha value is -2.11. The maximum Gasteiger partial charge on any atom is 0.337 e. The molecule has 0 aliphatic heterocycles. The Morgan fingerprint density at radius 1 is 1.25 bits per heavy atom. The molecule has 11 heteroatoms. The summed E-state index contributed by atoms with van der Waals surface area (Å²) in [5.41, 5.74) is 1.86. The van der Waals surface area contributed by atoms with Crippen molar-refractivity contribution < 1.29 is 30.6 Å². The molecular weight excluding hydrogens is 408 g/mol. The number of rotatable bonds is 8. The first-order valence-electron chi connectivity index (χ1n) is 8.61. The van der Waals surface area contributed by atoms with Gasteiger partial charge in [-0.05, 0) is 37.0 Å². The smallest absolute Gasteiger partial charge is 0.337 e. The summed E-state index contributed by atoms with van der Waals surface area (Å²) in [4.78, 5) is 15.1. The number of aromatic amines is 1. The largest absolute Gasteiger partial charge is 0.465 e. The van der Waals surface area contributed by atoms with E-state index in [1.165, 1.54) is 13.2 Å². The van der Waals surface area contributed by atoms with E-state index >= 15 is 0 Å². The van der Waals surface area contributed by atoms with Crippen molar-refractivity contribution in [1.82, 2.24) is 4.98 Å². The average Bonchev–Trinajstić information content (AvgIpc) is 3.32. The summed E-state index contributed by atoms with van der Waals surface area (Å²) in [5.74, 6) is -0.591. The minimum absolute atomic E-state index is 0.197. The number of H-pyrrole nitrogens is 1. The predicted octanol–water partition coefficient (Wildman–Crippen LogP) is 1.77. The molecule has 2 aromatic rings. The lowest BCUT2D eigenvalue weighted by molar-refractivity contribution is 0.0601. The predicted molar refractivity (Wildman–Crippen MR) is 104 cm³/mol. The van der Waals surface area contributed by atoms with E-state index in [0.717, 1.165) is 11.8 Å². The number of sulfonamides is 1. The van der Waals surface area contributed by atoms with Crippen LogP contribution < -0.4 is 4.72 Å². The van der Waals surface area contributed by atoms with E-state index < -0.39 is 37.5 Å². The second kappa shape index (κ2) is 7.05. The van der Waals surface area contributed by atoms with Gasteiger partial charge in [0.25, 0.3) is 10.1 Å². The Balaban J connectivity index is 2.01. The summed E-state index contributed by atoms with van der Waals surface area (Å²) in [5, 5.41) is 0.709. The van der Waals surface area contributed by atoms with Gasteiger partial charge in [-0.2, -0.15) is 8.42 Å². The first kappa shape index (κ1) is 20.6. The molecule has 0 bridgehead atoms. The van der Waals surface area contributed by atoms with Crippen molar-refractivity contribution in [1.29, 1.82) is 0 Å². The number of esters is 1. The van der Waals surface area contributed by atoms with Gasteiger partial charge in [-0.3, -0.25) is 8.91 Å². The number of aromatic nitrogens is 1. The maximum atomic E-state index is 13.0. The monoisotopic (exact) mass is 430 g/mol. The molecule has 0 amide bonds. The number of methoxy groups -OCH3 is 1. The number of ether oxygens (including phenoxy) is 1. The van der Waals surface area contributed by atoms with Crippen LogP contribution in [-0.4, -0.2) is 52.5 Å². The number of fused-ring (bicyclic) bond motifs is 1. The molecule has 0 spiro atoms. The molecule has 154 valence electrons. The number of anilines is 1. The van der Waals surface area contributed by atoms with E-state index in [9.17, 15) is 21.6 Å². The molecule has 1 heterocycles. The second-order valence-electron chi connectivity index (χ2n) is 6.86. The van der Waals surface area contributed by atoms with Gasteiger partial charge in [0.05, 0.1) is 36.7 Å². The summed E-state index contributed by atoms with van der Waals surface area (Å²) in [7, 11) is -6.49. The zero-order valence-corrected chi connectivity index (χ0v) is 17.4. The van der Waals surface area contributed by atoms with Crippen LogP contribution in [0.4, 0.5) is 5.69 Å². The maximum absolute atomic E-state index is 13.0. The van der Waals surface area contributed by atoms with Gasteiger partial charge >= 0.3 is 5.97 Å². The van der Waals surface area contributed by atoms with Gasteiger partial charge in [0, 0.05) is 11.6 Å². The van der Waals surface area contributed by atoms with Crippen molar-refractivity contribution in [2.24, 2.45) is 0 Å². The van der Waals surface area contributed by atoms with Gasteiger partial charge in [0.2, 0.25) is 10.0 Å². The molecular formula is C17H22N2O7S2. The molecule has 1 aliphatic carbocycles. The molecule has 1 saturated carbocycles. The van der Waals surface area contributed by atoms with E-state index in [1.54, 1.807) is 12.3 Å². The summed E-state index contributed by atoms with van der Waals surface area (Å²) in [6, 6.07) is 3.04. The summed E-state index contributed by atoms with van der Waals surface area (Å²) >= 11 is 0. The molecule has 1 fully saturated rings. The molecule has 0 unspecified atom stereocenters. The van der Waals surface area contributed by atoms with E-state index in [0.29, 0.717) is 17.3 Å². The van der Waals surface area contributed by atoms with Gasteiger partial charge in [-0.15, -0.1) is 0 Å². The Kier molecular flexibility index (Phi) is 5.19. The van der Waals surface area contributed by atoms with Crippen molar-refractivity contribution >= 4 is 42.7 Å². The highest BCUT2D eigenvalue weighted by Gasteiger charge is 2.56. The molecule has 1 aliphatic rings. The van der Waals surface area contributed by atoms with Gasteiger partial charge in [0.1, 0.15) is 4.75 Å². The summed E-state index contributed by atoms with van der Waals surface area (Å²) < 4.78 is 59.1. The highest BCUT2D eigenvalue weighted by Crippen LogP contribution is 2.45. The van der Waals surface area contributed by atoms with Crippen molar-refractivity contribution in [3.05, 3.63) is 29.5 Å². The number of aryl methyl sites for hydroxylation is 1. The zero-order chi connectivity index (χ0) is 20.7. The Bertz CT molecular complexity index is 1130. The van der Waals surface area contributed by atoms with Crippen molar-refractivity contribution in [2.75, 3.05) is 24.7 Å². The Morgan fingerprint density at radius 2 is 1.93 bits per heavy atom. The lowest BCUT2D eigenvalue weighted by atomic mass is 10.1. The van der Waals surface area contributed by atoms with Crippen molar-refractivity contribution in [3.8, 4) is 0 Å². The molecule has 2 N–H and O–H groups in total. The van der Waals surface area contributed by atoms with Crippen LogP contribution >= 0.6 is 0 Å². The van der Waals surface area contributed by atoms with E-state index in [1.807, 2.05) is 6.92 Å². The first-order valence-corrected chi connectivity index (χ1v) is 11.9. The van der Waals surface area contributed by atoms with Crippen molar-refractivity contribution in [3.63, 3.8) is 0 Å². The summed E-state index contributed by atoms with van der Waals surface area (Å²) in [6.07, 6.45) is 3.87. The fraction of sp³-hybridized carbons (Fsp3) is 0.471. The highest BCUT2D eigenvalue weighted by atomic mass is 32.2. The lowest BCUT2D eigenvalue weighted by Gasteiger charge is -2.18. The average molecular weight is 431 g/mol.